The van der Waals surface area contributed by atoms with Gasteiger partial charge >= 0.3 is 0 Å². The van der Waals surface area contributed by atoms with E-state index in [1.165, 1.54) is 18.2 Å². The lowest BCUT2D eigenvalue weighted by Gasteiger charge is -2.07. The van der Waals surface area contributed by atoms with E-state index in [0.717, 1.165) is 15.5 Å². The molecule has 0 saturated carbocycles. The number of aromatic nitrogens is 6. The molecule has 0 bridgehead atoms. The largest absolute Gasteiger partial charge is 0.269 e. The zero-order chi connectivity index (χ0) is 29.1. The second-order valence-electron chi connectivity index (χ2n) is 10.2. The second kappa shape index (κ2) is 12.2. The molecule has 6 nitrogen and oxygen atoms in total. The van der Waals surface area contributed by atoms with Gasteiger partial charge in [0.1, 0.15) is 17.5 Å². The molecule has 0 unspecified atom stereocenters. The first-order valence-corrected chi connectivity index (χ1v) is 13.8. The van der Waals surface area contributed by atoms with E-state index in [1.54, 1.807) is 35.4 Å². The Morgan fingerprint density at radius 3 is 1.77 bits per heavy atom. The van der Waals surface area contributed by atoms with Crippen LogP contribution in [0.5, 0.6) is 0 Å². The number of halogens is 4. The van der Waals surface area contributed by atoms with Crippen molar-refractivity contribution in [3.8, 4) is 0 Å². The first-order valence-electron chi connectivity index (χ1n) is 13.0. The molecular weight excluding hydrogens is 581 g/mol. The molecule has 3 aromatic heterocycles. The molecule has 40 heavy (non-hydrogen) atoms. The molecule has 0 radical (unpaired) electrons. The maximum atomic E-state index is 13.4. The Balaban J connectivity index is 0.000000139. The van der Waals surface area contributed by atoms with Crippen molar-refractivity contribution in [2.24, 2.45) is 0 Å². The minimum Gasteiger partial charge on any atom is -0.269 e. The van der Waals surface area contributed by atoms with Crippen molar-refractivity contribution in [1.82, 2.24) is 29.3 Å². The number of fused-ring (bicyclic) bond motifs is 3. The molecule has 0 N–H and O–H groups in total. The predicted molar refractivity (Wildman–Crippen MR) is 158 cm³/mol. The van der Waals surface area contributed by atoms with Gasteiger partial charge in [0, 0.05) is 28.8 Å². The smallest absolute Gasteiger partial charge is 0.135 e. The maximum absolute atomic E-state index is 13.4. The van der Waals surface area contributed by atoms with Crippen LogP contribution in [0.3, 0.4) is 0 Å². The zero-order valence-corrected chi connectivity index (χ0v) is 24.9. The van der Waals surface area contributed by atoms with Gasteiger partial charge in [-0.15, -0.1) is 0 Å². The first-order chi connectivity index (χ1) is 19.0. The van der Waals surface area contributed by atoms with Gasteiger partial charge < -0.3 is 0 Å². The molecule has 210 valence electrons. The molecule has 10 heteroatoms. The molecule has 0 aliphatic heterocycles. The van der Waals surface area contributed by atoms with Crippen LogP contribution >= 0.6 is 15.9 Å². The van der Waals surface area contributed by atoms with Crippen LogP contribution in [-0.2, 0) is 0 Å². The van der Waals surface area contributed by atoms with Gasteiger partial charge in [-0.05, 0) is 77.9 Å². The molecule has 0 aliphatic rings. The van der Waals surface area contributed by atoms with E-state index in [2.05, 4.69) is 31.2 Å². The van der Waals surface area contributed by atoms with Crippen molar-refractivity contribution in [3.63, 3.8) is 0 Å². The molecular formula is C30H32BrF3N6. The van der Waals surface area contributed by atoms with Crippen molar-refractivity contribution in [2.75, 3.05) is 0 Å². The third-order valence-corrected chi connectivity index (χ3v) is 6.70. The normalized spacial score (nSPS) is 11.4. The predicted octanol–water partition coefficient (Wildman–Crippen LogP) is 9.03. The lowest BCUT2D eigenvalue weighted by atomic mass is 10.2. The van der Waals surface area contributed by atoms with Crippen LogP contribution < -0.4 is 0 Å². The number of hydrogen-bond acceptors (Lipinski definition) is 3. The van der Waals surface area contributed by atoms with Gasteiger partial charge in [0.2, 0.25) is 0 Å². The molecule has 3 heterocycles. The Morgan fingerprint density at radius 2 is 1.20 bits per heavy atom. The number of rotatable bonds is 3. The number of nitrogens with zero attached hydrogens (tertiary/aromatic N) is 6. The van der Waals surface area contributed by atoms with E-state index in [0.29, 0.717) is 21.7 Å². The van der Waals surface area contributed by atoms with Crippen molar-refractivity contribution >= 4 is 48.6 Å². The Bertz CT molecular complexity index is 1740. The fraction of sp³-hybridized carbons (Fsp3) is 0.300. The highest BCUT2D eigenvalue weighted by Crippen LogP contribution is 2.25. The first kappa shape index (κ1) is 29.3. The van der Waals surface area contributed by atoms with Gasteiger partial charge in [-0.1, -0.05) is 28.1 Å². The summed E-state index contributed by atoms with van der Waals surface area (Å²) in [5, 5.41) is 14.3. The van der Waals surface area contributed by atoms with Crippen LogP contribution in [0.1, 0.15) is 59.7 Å². The van der Waals surface area contributed by atoms with Crippen LogP contribution in [0.15, 0.2) is 71.6 Å². The summed E-state index contributed by atoms with van der Waals surface area (Å²) in [7, 11) is 0. The van der Waals surface area contributed by atoms with Crippen molar-refractivity contribution < 1.29 is 13.2 Å². The summed E-state index contributed by atoms with van der Waals surface area (Å²) in [5.74, 6) is -0.643. The molecule has 6 aromatic rings. The molecule has 0 amide bonds. The number of benzene rings is 3. The standard InChI is InChI=1S/C10H10BrFN2.2C10H11FN2/c1-6(2)14-10-4-7(11)3-9(12)8(10)5-13-14;1-7(2)13-6-8-9(11)4-3-5-10(8)12-13;1-7(2)13-10-5-3-4-9(11)8(10)6-12-13/h3-6H,1-2H3;2*3-7H,1-2H3. The van der Waals surface area contributed by atoms with Crippen LogP contribution in [0, 0.1) is 17.5 Å². The zero-order valence-electron chi connectivity index (χ0n) is 23.3. The Labute approximate surface area is 239 Å². The summed E-state index contributed by atoms with van der Waals surface area (Å²) in [4.78, 5) is 0. The quantitative estimate of drug-likeness (QED) is 0.200. The topological polar surface area (TPSA) is 53.5 Å². The molecule has 3 aromatic carbocycles. The van der Waals surface area contributed by atoms with E-state index in [9.17, 15) is 13.2 Å². The second-order valence-corrected chi connectivity index (χ2v) is 11.1. The molecule has 0 saturated heterocycles. The fourth-order valence-electron chi connectivity index (χ4n) is 4.22. The average Bonchev–Trinajstić information content (AvgIpc) is 3.62. The van der Waals surface area contributed by atoms with Gasteiger partial charge in [-0.25, -0.2) is 13.2 Å². The van der Waals surface area contributed by atoms with Gasteiger partial charge in [0.25, 0.3) is 0 Å². The Hall–Kier alpha value is -3.66. The van der Waals surface area contributed by atoms with E-state index < -0.39 is 0 Å². The van der Waals surface area contributed by atoms with E-state index in [-0.39, 0.29) is 35.6 Å². The van der Waals surface area contributed by atoms with Crippen molar-refractivity contribution in [1.29, 1.82) is 0 Å². The van der Waals surface area contributed by atoms with Gasteiger partial charge in [-0.2, -0.15) is 15.3 Å². The fourth-order valence-corrected chi connectivity index (χ4v) is 4.64. The van der Waals surface area contributed by atoms with Crippen molar-refractivity contribution in [2.45, 2.75) is 59.7 Å². The van der Waals surface area contributed by atoms with Gasteiger partial charge in [-0.3, -0.25) is 14.0 Å². The Kier molecular flexibility index (Phi) is 8.98. The van der Waals surface area contributed by atoms with Crippen LogP contribution in [0.25, 0.3) is 32.7 Å². The monoisotopic (exact) mass is 612 g/mol. The number of hydrogen-bond donors (Lipinski definition) is 0. The van der Waals surface area contributed by atoms with E-state index >= 15 is 0 Å². The maximum Gasteiger partial charge on any atom is 0.135 e. The third kappa shape index (κ3) is 6.22. The Morgan fingerprint density at radius 1 is 0.650 bits per heavy atom. The third-order valence-electron chi connectivity index (χ3n) is 6.24. The summed E-state index contributed by atoms with van der Waals surface area (Å²) in [5.41, 5.74) is 2.40. The highest BCUT2D eigenvalue weighted by Gasteiger charge is 2.11. The lowest BCUT2D eigenvalue weighted by Crippen LogP contribution is -2.01. The average molecular weight is 614 g/mol. The highest BCUT2D eigenvalue weighted by molar-refractivity contribution is 9.10. The summed E-state index contributed by atoms with van der Waals surface area (Å²) in [6.07, 6.45) is 4.89. The molecule has 0 spiro atoms. The highest BCUT2D eigenvalue weighted by atomic mass is 79.9. The molecule has 0 aliphatic carbocycles. The minimum absolute atomic E-state index is 0.204. The van der Waals surface area contributed by atoms with Gasteiger partial charge in [0.15, 0.2) is 0 Å². The van der Waals surface area contributed by atoms with Crippen molar-refractivity contribution in [3.05, 3.63) is 89.0 Å². The SMILES string of the molecule is CC(C)n1cc2c(F)cccc2n1.CC(C)n1ncc2c(F)cc(Br)cc21.CC(C)n1ncc2c(F)cccc21. The van der Waals surface area contributed by atoms with E-state index in [1.807, 2.05) is 69.1 Å². The van der Waals surface area contributed by atoms with E-state index in [4.69, 9.17) is 0 Å². The van der Waals surface area contributed by atoms with Crippen LogP contribution in [0.4, 0.5) is 13.2 Å². The van der Waals surface area contributed by atoms with Crippen LogP contribution in [0.2, 0.25) is 0 Å². The molecule has 6 rings (SSSR count). The summed E-state index contributed by atoms with van der Waals surface area (Å²) in [6.45, 7) is 12.1. The molecule has 0 fully saturated rings. The summed E-state index contributed by atoms with van der Waals surface area (Å²) in [6, 6.07) is 14.1. The summed E-state index contributed by atoms with van der Waals surface area (Å²) >= 11 is 3.27. The van der Waals surface area contributed by atoms with Crippen LogP contribution in [-0.4, -0.2) is 29.3 Å². The summed E-state index contributed by atoms with van der Waals surface area (Å²) < 4.78 is 46.0. The van der Waals surface area contributed by atoms with Gasteiger partial charge in [0.05, 0.1) is 45.1 Å². The lowest BCUT2D eigenvalue weighted by molar-refractivity contribution is 0.537. The minimum atomic E-state index is -0.235. The molecule has 0 atom stereocenters.